The van der Waals surface area contributed by atoms with Gasteiger partial charge in [-0.15, -0.1) is 0 Å². The minimum atomic E-state index is -0.787. The van der Waals surface area contributed by atoms with E-state index in [0.29, 0.717) is 24.7 Å². The molecule has 116 valence electrons. The van der Waals surface area contributed by atoms with E-state index in [1.54, 1.807) is 31.4 Å². The number of methoxy groups -OCH3 is 1. The summed E-state index contributed by atoms with van der Waals surface area (Å²) in [5, 5.41) is 3.15. The fourth-order valence-electron chi connectivity index (χ4n) is 1.62. The van der Waals surface area contributed by atoms with Crippen LogP contribution in [-0.4, -0.2) is 44.8 Å². The van der Waals surface area contributed by atoms with Gasteiger partial charge in [0, 0.05) is 18.6 Å². The van der Waals surface area contributed by atoms with Crippen LogP contribution in [0, 0.1) is 0 Å². The fraction of sp³-hybridized carbons (Fsp3) is 0.429. The van der Waals surface area contributed by atoms with Crippen LogP contribution in [-0.2, 0) is 25.5 Å². The molecule has 0 unspecified atom stereocenters. The van der Waals surface area contributed by atoms with E-state index >= 15 is 0 Å². The van der Waals surface area contributed by atoms with Crippen molar-refractivity contribution in [2.24, 2.45) is 5.73 Å². The number of halogens is 1. The Morgan fingerprint density at radius 2 is 1.95 bits per heavy atom. The average Bonchev–Trinajstić information content (AvgIpc) is 2.45. The Morgan fingerprint density at radius 3 is 2.52 bits per heavy atom. The van der Waals surface area contributed by atoms with Gasteiger partial charge in [-0.05, 0) is 17.7 Å². The standard InChI is InChI=1S/C14H19ClN2O4/c1-20-6-7-21-9-13(18)17-12(14(16)19)8-10-2-4-11(15)5-3-10/h2-5,12H,6-9H2,1H3,(H2,16,19)(H,17,18)/t12-/m1/s1. The smallest absolute Gasteiger partial charge is 0.246 e. The summed E-state index contributed by atoms with van der Waals surface area (Å²) in [4.78, 5) is 23.1. The van der Waals surface area contributed by atoms with Gasteiger partial charge in [-0.3, -0.25) is 9.59 Å². The van der Waals surface area contributed by atoms with Gasteiger partial charge in [-0.1, -0.05) is 23.7 Å². The number of benzene rings is 1. The van der Waals surface area contributed by atoms with Crippen LogP contribution in [0.2, 0.25) is 5.02 Å². The number of ether oxygens (including phenoxy) is 2. The molecule has 1 atom stereocenters. The van der Waals surface area contributed by atoms with E-state index in [1.807, 2.05) is 0 Å². The van der Waals surface area contributed by atoms with Gasteiger partial charge in [-0.25, -0.2) is 0 Å². The molecule has 1 rings (SSSR count). The van der Waals surface area contributed by atoms with Crippen LogP contribution in [0.4, 0.5) is 0 Å². The molecule has 2 amide bonds. The van der Waals surface area contributed by atoms with Gasteiger partial charge in [-0.2, -0.15) is 0 Å². The molecule has 1 aromatic rings. The number of nitrogens with two attached hydrogens (primary N) is 1. The second-order valence-corrected chi connectivity index (χ2v) is 4.83. The van der Waals surface area contributed by atoms with E-state index in [9.17, 15) is 9.59 Å². The predicted octanol–water partition coefficient (Wildman–Crippen LogP) is 0.516. The molecule has 0 heterocycles. The number of amides is 2. The molecule has 0 fully saturated rings. The number of primary amides is 1. The van der Waals surface area contributed by atoms with Crippen molar-refractivity contribution in [1.82, 2.24) is 5.32 Å². The zero-order valence-electron chi connectivity index (χ0n) is 11.8. The Morgan fingerprint density at radius 1 is 1.29 bits per heavy atom. The first-order chi connectivity index (χ1) is 10.0. The van der Waals surface area contributed by atoms with Crippen LogP contribution < -0.4 is 11.1 Å². The van der Waals surface area contributed by atoms with Gasteiger partial charge in [0.05, 0.1) is 13.2 Å². The second kappa shape index (κ2) is 9.33. The van der Waals surface area contributed by atoms with Crippen molar-refractivity contribution in [3.8, 4) is 0 Å². The van der Waals surface area contributed by atoms with Crippen LogP contribution in [0.25, 0.3) is 0 Å². The van der Waals surface area contributed by atoms with Crippen LogP contribution in [0.5, 0.6) is 0 Å². The Labute approximate surface area is 128 Å². The summed E-state index contributed by atoms with van der Waals surface area (Å²) in [5.41, 5.74) is 6.15. The molecular weight excluding hydrogens is 296 g/mol. The van der Waals surface area contributed by atoms with Gasteiger partial charge in [0.25, 0.3) is 0 Å². The molecular formula is C14H19ClN2O4. The molecule has 0 saturated heterocycles. The first kappa shape index (κ1) is 17.4. The molecule has 0 aromatic heterocycles. The highest BCUT2D eigenvalue weighted by Crippen LogP contribution is 2.11. The van der Waals surface area contributed by atoms with Crippen molar-refractivity contribution < 1.29 is 19.1 Å². The zero-order valence-corrected chi connectivity index (χ0v) is 12.6. The summed E-state index contributed by atoms with van der Waals surface area (Å²) in [6, 6.07) is 6.19. The summed E-state index contributed by atoms with van der Waals surface area (Å²) < 4.78 is 9.87. The molecule has 0 saturated carbocycles. The number of carbonyl (C=O) groups excluding carboxylic acids is 2. The van der Waals surface area contributed by atoms with Crippen molar-refractivity contribution >= 4 is 23.4 Å². The highest BCUT2D eigenvalue weighted by Gasteiger charge is 2.18. The van der Waals surface area contributed by atoms with Gasteiger partial charge < -0.3 is 20.5 Å². The lowest BCUT2D eigenvalue weighted by Gasteiger charge is -2.15. The van der Waals surface area contributed by atoms with Crippen LogP contribution >= 0.6 is 11.6 Å². The number of nitrogens with one attached hydrogen (secondary N) is 1. The quantitative estimate of drug-likeness (QED) is 0.650. The van der Waals surface area contributed by atoms with Gasteiger partial charge in [0.2, 0.25) is 11.8 Å². The van der Waals surface area contributed by atoms with E-state index in [2.05, 4.69) is 5.32 Å². The molecule has 1 aromatic carbocycles. The van der Waals surface area contributed by atoms with Crippen molar-refractivity contribution in [2.45, 2.75) is 12.5 Å². The van der Waals surface area contributed by atoms with Crippen LogP contribution in [0.15, 0.2) is 24.3 Å². The highest BCUT2D eigenvalue weighted by atomic mass is 35.5. The monoisotopic (exact) mass is 314 g/mol. The van der Waals surface area contributed by atoms with E-state index < -0.39 is 17.9 Å². The predicted molar refractivity (Wildman–Crippen MR) is 79.0 cm³/mol. The molecule has 0 aliphatic carbocycles. The fourth-order valence-corrected chi connectivity index (χ4v) is 1.75. The lowest BCUT2D eigenvalue weighted by molar-refractivity contribution is -0.130. The van der Waals surface area contributed by atoms with Crippen LogP contribution in [0.1, 0.15) is 5.56 Å². The molecule has 21 heavy (non-hydrogen) atoms. The van der Waals surface area contributed by atoms with Gasteiger partial charge in [0.15, 0.2) is 0 Å². The van der Waals surface area contributed by atoms with Crippen molar-refractivity contribution in [1.29, 1.82) is 0 Å². The normalized spacial score (nSPS) is 11.9. The minimum absolute atomic E-state index is 0.145. The summed E-state index contributed by atoms with van der Waals surface area (Å²) in [7, 11) is 1.54. The number of hydrogen-bond acceptors (Lipinski definition) is 4. The molecule has 7 heteroatoms. The molecule has 0 aliphatic heterocycles. The van der Waals surface area contributed by atoms with Crippen molar-refractivity contribution in [3.63, 3.8) is 0 Å². The van der Waals surface area contributed by atoms with Gasteiger partial charge >= 0.3 is 0 Å². The topological polar surface area (TPSA) is 90.7 Å². The molecule has 3 N–H and O–H groups in total. The Bertz CT molecular complexity index is 465. The Hall–Kier alpha value is -1.63. The largest absolute Gasteiger partial charge is 0.382 e. The molecule has 0 aliphatic rings. The summed E-state index contributed by atoms with van der Waals surface area (Å²) in [5.74, 6) is -1.00. The summed E-state index contributed by atoms with van der Waals surface area (Å²) >= 11 is 5.79. The molecule has 0 bridgehead atoms. The van der Waals surface area contributed by atoms with E-state index in [-0.39, 0.29) is 6.61 Å². The first-order valence-corrected chi connectivity index (χ1v) is 6.80. The molecule has 0 radical (unpaired) electrons. The molecule has 6 nitrogen and oxygen atoms in total. The maximum Gasteiger partial charge on any atom is 0.246 e. The minimum Gasteiger partial charge on any atom is -0.382 e. The SMILES string of the molecule is COCCOCC(=O)N[C@H](Cc1ccc(Cl)cc1)C(N)=O. The maximum atomic E-state index is 11.7. The summed E-state index contributed by atoms with van der Waals surface area (Å²) in [6.07, 6.45) is 0.302. The van der Waals surface area contributed by atoms with E-state index in [0.717, 1.165) is 5.56 Å². The third kappa shape index (κ3) is 7.08. The average molecular weight is 315 g/mol. The van der Waals surface area contributed by atoms with Crippen molar-refractivity contribution in [2.75, 3.05) is 26.9 Å². The Kier molecular flexibility index (Phi) is 7.74. The number of rotatable bonds is 9. The lowest BCUT2D eigenvalue weighted by atomic mass is 10.1. The van der Waals surface area contributed by atoms with Crippen molar-refractivity contribution in [3.05, 3.63) is 34.9 Å². The number of carbonyl (C=O) groups is 2. The zero-order chi connectivity index (χ0) is 15.7. The third-order valence-electron chi connectivity index (χ3n) is 2.70. The Balaban J connectivity index is 2.48. The maximum absolute atomic E-state index is 11.7. The summed E-state index contributed by atoms with van der Waals surface area (Å²) in [6.45, 7) is 0.563. The van der Waals surface area contributed by atoms with E-state index in [1.165, 1.54) is 0 Å². The third-order valence-corrected chi connectivity index (χ3v) is 2.95. The van der Waals surface area contributed by atoms with E-state index in [4.69, 9.17) is 26.8 Å². The first-order valence-electron chi connectivity index (χ1n) is 6.42. The lowest BCUT2D eigenvalue weighted by Crippen LogP contribution is -2.47. The highest BCUT2D eigenvalue weighted by molar-refractivity contribution is 6.30. The second-order valence-electron chi connectivity index (χ2n) is 4.40. The molecule has 0 spiro atoms. The van der Waals surface area contributed by atoms with Crippen LogP contribution in [0.3, 0.4) is 0 Å². The number of hydrogen-bond donors (Lipinski definition) is 2. The van der Waals surface area contributed by atoms with Gasteiger partial charge in [0.1, 0.15) is 12.6 Å².